The van der Waals surface area contributed by atoms with Crippen LogP contribution in [-0.4, -0.2) is 23.4 Å². The van der Waals surface area contributed by atoms with Gasteiger partial charge in [-0.3, -0.25) is 14.5 Å². The molecule has 3 aromatic carbocycles. The first-order valence-electron chi connectivity index (χ1n) is 10.8. The van der Waals surface area contributed by atoms with Crippen LogP contribution in [0.15, 0.2) is 72.3 Å². The van der Waals surface area contributed by atoms with E-state index in [1.807, 2.05) is 13.0 Å². The molecule has 1 saturated heterocycles. The first-order valence-corrected chi connectivity index (χ1v) is 10.8. The maximum absolute atomic E-state index is 13.7. The summed E-state index contributed by atoms with van der Waals surface area (Å²) >= 11 is 0. The Balaban J connectivity index is 1.69. The maximum atomic E-state index is 13.7. The topological polar surface area (TPSA) is 66.8 Å². The van der Waals surface area contributed by atoms with Crippen molar-refractivity contribution in [3.63, 3.8) is 0 Å². The van der Waals surface area contributed by atoms with Gasteiger partial charge in [0.2, 0.25) is 0 Å². The number of aryl methyl sites for hydroxylation is 2. The third kappa shape index (κ3) is 3.67. The van der Waals surface area contributed by atoms with Crippen LogP contribution in [0.4, 0.5) is 10.1 Å². The zero-order chi connectivity index (χ0) is 23.1. The molecule has 0 aromatic heterocycles. The van der Waals surface area contributed by atoms with Crippen LogP contribution >= 0.6 is 0 Å². The highest BCUT2D eigenvalue weighted by molar-refractivity contribution is 6.51. The van der Waals surface area contributed by atoms with Crippen LogP contribution in [0.1, 0.15) is 34.7 Å². The van der Waals surface area contributed by atoms with Gasteiger partial charge < -0.3 is 9.84 Å². The van der Waals surface area contributed by atoms with E-state index in [0.29, 0.717) is 23.4 Å². The van der Waals surface area contributed by atoms with Gasteiger partial charge in [0.05, 0.1) is 18.2 Å². The molecular weight excluding hydrogens is 421 g/mol. The number of hydrogen-bond donors (Lipinski definition) is 1. The average Bonchev–Trinajstić information content (AvgIpc) is 3.09. The van der Waals surface area contributed by atoms with Crippen LogP contribution in [0.25, 0.3) is 5.76 Å². The zero-order valence-corrected chi connectivity index (χ0v) is 18.0. The van der Waals surface area contributed by atoms with E-state index in [1.54, 1.807) is 36.4 Å². The van der Waals surface area contributed by atoms with Crippen molar-refractivity contribution in [2.24, 2.45) is 0 Å². The minimum Gasteiger partial charge on any atom is -0.507 e. The summed E-state index contributed by atoms with van der Waals surface area (Å²) in [4.78, 5) is 27.8. The Morgan fingerprint density at radius 3 is 2.61 bits per heavy atom. The molecule has 1 amide bonds. The number of Topliss-reactive ketones (excluding diaryl/α,β-unsaturated/α-hetero) is 1. The normalized spacial score (nSPS) is 19.3. The lowest BCUT2D eigenvalue weighted by molar-refractivity contribution is -0.132. The van der Waals surface area contributed by atoms with Crippen molar-refractivity contribution < 1.29 is 23.8 Å². The molecule has 0 bridgehead atoms. The molecule has 0 aliphatic carbocycles. The number of fused-ring (bicyclic) bond motifs is 1. The number of benzene rings is 3. The average molecular weight is 443 g/mol. The van der Waals surface area contributed by atoms with Gasteiger partial charge in [0.1, 0.15) is 17.3 Å². The summed E-state index contributed by atoms with van der Waals surface area (Å²) in [6, 6.07) is 17.2. The molecule has 0 spiro atoms. The second-order valence-electron chi connectivity index (χ2n) is 8.33. The molecule has 2 aliphatic rings. The molecule has 0 saturated carbocycles. The predicted molar refractivity (Wildman–Crippen MR) is 123 cm³/mol. The highest BCUT2D eigenvalue weighted by Crippen LogP contribution is 2.42. The molecule has 5 nitrogen and oxygen atoms in total. The van der Waals surface area contributed by atoms with Gasteiger partial charge in [-0.05, 0) is 78.9 Å². The predicted octanol–water partition coefficient (Wildman–Crippen LogP) is 5.09. The zero-order valence-electron chi connectivity index (χ0n) is 18.0. The molecule has 1 fully saturated rings. The van der Waals surface area contributed by atoms with Crippen molar-refractivity contribution in [1.82, 2.24) is 0 Å². The second kappa shape index (κ2) is 8.20. The molecule has 33 heavy (non-hydrogen) atoms. The number of halogens is 1. The SMILES string of the molecule is Cc1cccc(N2C(=O)C(=O)/C(=C(\O)c3ccc4c(c3)CCCO4)C2c2ccc(F)cc2)c1. The summed E-state index contributed by atoms with van der Waals surface area (Å²) in [5.74, 6) is -1.45. The minimum absolute atomic E-state index is 0.0233. The van der Waals surface area contributed by atoms with E-state index in [2.05, 4.69) is 0 Å². The fraction of sp³-hybridized carbons (Fsp3) is 0.185. The summed E-state index contributed by atoms with van der Waals surface area (Å²) in [7, 11) is 0. The second-order valence-corrected chi connectivity index (χ2v) is 8.33. The van der Waals surface area contributed by atoms with E-state index < -0.39 is 23.5 Å². The Labute approximate surface area is 190 Å². The van der Waals surface area contributed by atoms with E-state index in [0.717, 1.165) is 29.7 Å². The quantitative estimate of drug-likeness (QED) is 0.348. The highest BCUT2D eigenvalue weighted by Gasteiger charge is 2.47. The Hall–Kier alpha value is -3.93. The van der Waals surface area contributed by atoms with Crippen LogP contribution < -0.4 is 9.64 Å². The Morgan fingerprint density at radius 1 is 1.06 bits per heavy atom. The summed E-state index contributed by atoms with van der Waals surface area (Å²) in [5, 5.41) is 11.3. The fourth-order valence-electron chi connectivity index (χ4n) is 4.50. The van der Waals surface area contributed by atoms with Gasteiger partial charge in [0, 0.05) is 11.3 Å². The molecule has 2 aliphatic heterocycles. The van der Waals surface area contributed by atoms with Gasteiger partial charge in [0.15, 0.2) is 0 Å². The van der Waals surface area contributed by atoms with Crippen molar-refractivity contribution in [1.29, 1.82) is 0 Å². The molecule has 6 heteroatoms. The molecule has 2 heterocycles. The summed E-state index contributed by atoms with van der Waals surface area (Å²) in [5.41, 5.74) is 3.33. The number of rotatable bonds is 3. The number of hydrogen-bond acceptors (Lipinski definition) is 4. The third-order valence-corrected chi connectivity index (χ3v) is 6.09. The largest absolute Gasteiger partial charge is 0.507 e. The number of carbonyl (C=O) groups is 2. The number of nitrogens with zero attached hydrogens (tertiary/aromatic N) is 1. The Bertz CT molecular complexity index is 1300. The lowest BCUT2D eigenvalue weighted by Gasteiger charge is -2.26. The first kappa shape index (κ1) is 20.9. The van der Waals surface area contributed by atoms with Crippen LogP contribution in [0.3, 0.4) is 0 Å². The summed E-state index contributed by atoms with van der Waals surface area (Å²) in [6.07, 6.45) is 1.67. The van der Waals surface area contributed by atoms with Crippen LogP contribution in [0, 0.1) is 12.7 Å². The van der Waals surface area contributed by atoms with Gasteiger partial charge in [-0.1, -0.05) is 24.3 Å². The van der Waals surface area contributed by atoms with Crippen LogP contribution in [0.5, 0.6) is 5.75 Å². The Kier molecular flexibility index (Phi) is 5.21. The minimum atomic E-state index is -0.889. The molecule has 166 valence electrons. The monoisotopic (exact) mass is 443 g/mol. The molecule has 1 atom stereocenters. The highest BCUT2D eigenvalue weighted by atomic mass is 19.1. The van der Waals surface area contributed by atoms with E-state index >= 15 is 0 Å². The lowest BCUT2D eigenvalue weighted by atomic mass is 9.94. The fourth-order valence-corrected chi connectivity index (χ4v) is 4.50. The number of amides is 1. The van der Waals surface area contributed by atoms with Gasteiger partial charge >= 0.3 is 0 Å². The van der Waals surface area contributed by atoms with E-state index in [9.17, 15) is 19.1 Å². The number of ketones is 1. The van der Waals surface area contributed by atoms with Gasteiger partial charge in [-0.25, -0.2) is 4.39 Å². The van der Waals surface area contributed by atoms with Gasteiger partial charge in [0.25, 0.3) is 11.7 Å². The van der Waals surface area contributed by atoms with Crippen molar-refractivity contribution in [3.8, 4) is 5.75 Å². The molecule has 0 radical (unpaired) electrons. The number of anilines is 1. The number of aliphatic hydroxyl groups is 1. The molecule has 1 N–H and O–H groups in total. The van der Waals surface area contributed by atoms with E-state index in [1.165, 1.54) is 29.2 Å². The summed E-state index contributed by atoms with van der Waals surface area (Å²) in [6.45, 7) is 2.53. The third-order valence-electron chi connectivity index (χ3n) is 6.09. The van der Waals surface area contributed by atoms with Crippen LogP contribution in [-0.2, 0) is 16.0 Å². The van der Waals surface area contributed by atoms with Gasteiger partial charge in [-0.2, -0.15) is 0 Å². The smallest absolute Gasteiger partial charge is 0.300 e. The first-order chi connectivity index (χ1) is 15.9. The molecule has 1 unspecified atom stereocenters. The van der Waals surface area contributed by atoms with E-state index in [4.69, 9.17) is 4.74 Å². The van der Waals surface area contributed by atoms with Crippen LogP contribution in [0.2, 0.25) is 0 Å². The Morgan fingerprint density at radius 2 is 1.85 bits per heavy atom. The molecular formula is C27H22FNO4. The number of ether oxygens (including phenoxy) is 1. The maximum Gasteiger partial charge on any atom is 0.300 e. The number of aliphatic hydroxyl groups excluding tert-OH is 1. The summed E-state index contributed by atoms with van der Waals surface area (Å²) < 4.78 is 19.3. The molecule has 3 aromatic rings. The lowest BCUT2D eigenvalue weighted by Crippen LogP contribution is -2.29. The van der Waals surface area contributed by atoms with Gasteiger partial charge in [-0.15, -0.1) is 0 Å². The van der Waals surface area contributed by atoms with Crippen molar-refractivity contribution >= 4 is 23.1 Å². The van der Waals surface area contributed by atoms with Crippen molar-refractivity contribution in [2.75, 3.05) is 11.5 Å². The number of carbonyl (C=O) groups excluding carboxylic acids is 2. The standard InChI is InChI=1S/C27H22FNO4/c1-16-4-2-6-21(14-16)29-24(17-7-10-20(28)11-8-17)23(26(31)27(29)32)25(30)19-9-12-22-18(15-19)5-3-13-33-22/h2,4,6-12,14-15,24,30H,3,5,13H2,1H3/b25-23-. The molecule has 5 rings (SSSR count). The van der Waals surface area contributed by atoms with Crippen molar-refractivity contribution in [3.05, 3.63) is 100 Å². The van der Waals surface area contributed by atoms with E-state index in [-0.39, 0.29) is 11.3 Å². The van der Waals surface area contributed by atoms with Crippen molar-refractivity contribution in [2.45, 2.75) is 25.8 Å².